The van der Waals surface area contributed by atoms with Gasteiger partial charge in [0.15, 0.2) is 5.76 Å². The lowest BCUT2D eigenvalue weighted by atomic mass is 10.0. The number of hydrogen-bond donors (Lipinski definition) is 0. The number of methoxy groups -OCH3 is 1. The summed E-state index contributed by atoms with van der Waals surface area (Å²) < 4.78 is 12.9. The molecular formula is C18H15N3O2. The van der Waals surface area contributed by atoms with E-state index in [1.807, 2.05) is 41.1 Å². The van der Waals surface area contributed by atoms with Gasteiger partial charge in [-0.15, -0.1) is 0 Å². The van der Waals surface area contributed by atoms with E-state index in [-0.39, 0.29) is 0 Å². The average Bonchev–Trinajstić information content (AvgIpc) is 3.26. The Morgan fingerprint density at radius 1 is 1.17 bits per heavy atom. The molecule has 23 heavy (non-hydrogen) atoms. The summed E-state index contributed by atoms with van der Waals surface area (Å²) in [5, 5.41) is 6.47. The lowest BCUT2D eigenvalue weighted by Crippen LogP contribution is -1.94. The second-order valence-corrected chi connectivity index (χ2v) is 5.28. The molecule has 0 fully saturated rings. The third-order valence-electron chi connectivity index (χ3n) is 3.82. The number of ether oxygens (including phenoxy) is 1. The summed E-state index contributed by atoms with van der Waals surface area (Å²) in [7, 11) is 1.67. The molecule has 2 aromatic heterocycles. The first kappa shape index (κ1) is 13.6. The summed E-state index contributed by atoms with van der Waals surface area (Å²) in [6.45, 7) is 0.597. The first-order valence-corrected chi connectivity index (χ1v) is 7.32. The van der Waals surface area contributed by atoms with Gasteiger partial charge in [-0.25, -0.2) is 4.98 Å². The van der Waals surface area contributed by atoms with Crippen molar-refractivity contribution >= 4 is 10.8 Å². The largest absolute Gasteiger partial charge is 0.496 e. The fourth-order valence-electron chi connectivity index (χ4n) is 2.75. The van der Waals surface area contributed by atoms with Crippen molar-refractivity contribution < 1.29 is 9.26 Å². The van der Waals surface area contributed by atoms with Crippen LogP contribution in [-0.4, -0.2) is 21.8 Å². The topological polar surface area (TPSA) is 53.1 Å². The second-order valence-electron chi connectivity index (χ2n) is 5.28. The fourth-order valence-corrected chi connectivity index (χ4v) is 2.75. The van der Waals surface area contributed by atoms with Crippen molar-refractivity contribution in [2.45, 2.75) is 6.54 Å². The molecule has 2 heterocycles. The minimum atomic E-state index is 0.597. The van der Waals surface area contributed by atoms with E-state index in [1.54, 1.807) is 19.6 Å². The summed E-state index contributed by atoms with van der Waals surface area (Å²) in [4.78, 5) is 4.03. The number of aromatic nitrogens is 3. The molecule has 5 nitrogen and oxygen atoms in total. The van der Waals surface area contributed by atoms with Crippen molar-refractivity contribution in [3.05, 3.63) is 66.9 Å². The highest BCUT2D eigenvalue weighted by Crippen LogP contribution is 2.36. The van der Waals surface area contributed by atoms with Gasteiger partial charge in [-0.2, -0.15) is 0 Å². The van der Waals surface area contributed by atoms with Crippen LogP contribution in [0.4, 0.5) is 0 Å². The SMILES string of the molecule is COc1ccc2ccccc2c1-c1cc(Cn2ccnc2)on1. The summed E-state index contributed by atoms with van der Waals surface area (Å²) in [5.41, 5.74) is 1.72. The molecule has 5 heteroatoms. The van der Waals surface area contributed by atoms with E-state index >= 15 is 0 Å². The van der Waals surface area contributed by atoms with Gasteiger partial charge in [0.25, 0.3) is 0 Å². The average molecular weight is 305 g/mol. The standard InChI is InChI=1S/C18H15N3O2/c1-22-17-7-6-13-4-2-3-5-15(13)18(17)16-10-14(23-20-16)11-21-9-8-19-12-21/h2-10,12H,11H2,1H3. The second kappa shape index (κ2) is 5.61. The van der Waals surface area contributed by atoms with Crippen molar-refractivity contribution in [3.63, 3.8) is 0 Å². The van der Waals surface area contributed by atoms with Gasteiger partial charge in [-0.3, -0.25) is 0 Å². The van der Waals surface area contributed by atoms with E-state index in [9.17, 15) is 0 Å². The Balaban J connectivity index is 1.81. The first-order valence-electron chi connectivity index (χ1n) is 7.32. The molecule has 0 aliphatic heterocycles. The van der Waals surface area contributed by atoms with Gasteiger partial charge in [0.1, 0.15) is 11.4 Å². The monoisotopic (exact) mass is 305 g/mol. The van der Waals surface area contributed by atoms with Crippen LogP contribution in [-0.2, 0) is 6.54 Å². The van der Waals surface area contributed by atoms with Crippen LogP contribution in [0.2, 0.25) is 0 Å². The smallest absolute Gasteiger partial charge is 0.157 e. The Bertz CT molecular complexity index is 942. The summed E-state index contributed by atoms with van der Waals surface area (Å²) in [6.07, 6.45) is 5.38. The van der Waals surface area contributed by atoms with Crippen molar-refractivity contribution in [2.24, 2.45) is 0 Å². The number of rotatable bonds is 4. The van der Waals surface area contributed by atoms with E-state index < -0.39 is 0 Å². The predicted molar refractivity (Wildman–Crippen MR) is 87.3 cm³/mol. The zero-order valence-corrected chi connectivity index (χ0v) is 12.6. The van der Waals surface area contributed by atoms with Crippen LogP contribution in [0.5, 0.6) is 5.75 Å². The quantitative estimate of drug-likeness (QED) is 0.576. The van der Waals surface area contributed by atoms with Gasteiger partial charge in [0, 0.05) is 18.5 Å². The molecule has 4 rings (SSSR count). The molecule has 0 atom stereocenters. The van der Waals surface area contributed by atoms with E-state index in [1.165, 1.54) is 0 Å². The Kier molecular flexibility index (Phi) is 3.31. The molecule has 0 unspecified atom stereocenters. The van der Waals surface area contributed by atoms with Crippen LogP contribution in [0.3, 0.4) is 0 Å². The molecule has 0 saturated heterocycles. The Hall–Kier alpha value is -3.08. The number of hydrogen-bond acceptors (Lipinski definition) is 4. The van der Waals surface area contributed by atoms with Crippen molar-refractivity contribution in [2.75, 3.05) is 7.11 Å². The van der Waals surface area contributed by atoms with Gasteiger partial charge >= 0.3 is 0 Å². The van der Waals surface area contributed by atoms with E-state index in [4.69, 9.17) is 9.26 Å². The predicted octanol–water partition coefficient (Wildman–Crippen LogP) is 3.75. The molecule has 0 radical (unpaired) electrons. The maximum Gasteiger partial charge on any atom is 0.157 e. The Morgan fingerprint density at radius 3 is 2.91 bits per heavy atom. The summed E-state index contributed by atoms with van der Waals surface area (Å²) >= 11 is 0. The number of imidazole rings is 1. The molecule has 0 aliphatic rings. The van der Waals surface area contributed by atoms with Gasteiger partial charge < -0.3 is 13.8 Å². The third kappa shape index (κ3) is 2.46. The molecule has 2 aromatic carbocycles. The maximum absolute atomic E-state index is 5.53. The van der Waals surface area contributed by atoms with Gasteiger partial charge in [0.05, 0.1) is 25.5 Å². The molecule has 4 aromatic rings. The van der Waals surface area contributed by atoms with Crippen LogP contribution in [0.25, 0.3) is 22.0 Å². The highest BCUT2D eigenvalue weighted by atomic mass is 16.5. The molecule has 0 bridgehead atoms. The van der Waals surface area contributed by atoms with Crippen molar-refractivity contribution in [1.29, 1.82) is 0 Å². The number of benzene rings is 2. The minimum Gasteiger partial charge on any atom is -0.496 e. The summed E-state index contributed by atoms with van der Waals surface area (Å²) in [5.74, 6) is 1.55. The van der Waals surface area contributed by atoms with Crippen LogP contribution in [0, 0.1) is 0 Å². The highest BCUT2D eigenvalue weighted by Gasteiger charge is 2.15. The van der Waals surface area contributed by atoms with Crippen molar-refractivity contribution in [1.82, 2.24) is 14.7 Å². The van der Waals surface area contributed by atoms with E-state index in [2.05, 4.69) is 22.3 Å². The third-order valence-corrected chi connectivity index (χ3v) is 3.82. The normalized spacial score (nSPS) is 11.0. The van der Waals surface area contributed by atoms with Crippen molar-refractivity contribution in [3.8, 4) is 17.0 Å². The van der Waals surface area contributed by atoms with Crippen LogP contribution in [0.15, 0.2) is 65.7 Å². The molecule has 0 N–H and O–H groups in total. The maximum atomic E-state index is 5.53. The van der Waals surface area contributed by atoms with E-state index in [0.717, 1.165) is 33.5 Å². The van der Waals surface area contributed by atoms with E-state index in [0.29, 0.717) is 6.54 Å². The van der Waals surface area contributed by atoms with Crippen LogP contribution < -0.4 is 4.74 Å². The zero-order chi connectivity index (χ0) is 15.6. The van der Waals surface area contributed by atoms with Gasteiger partial charge in [-0.05, 0) is 16.8 Å². The highest BCUT2D eigenvalue weighted by molar-refractivity contribution is 5.98. The first-order chi connectivity index (χ1) is 11.3. The molecule has 114 valence electrons. The molecule has 0 amide bonds. The molecule has 0 aliphatic carbocycles. The molecule has 0 saturated carbocycles. The van der Waals surface area contributed by atoms with Gasteiger partial charge in [-0.1, -0.05) is 35.5 Å². The fraction of sp³-hybridized carbons (Fsp3) is 0.111. The Morgan fingerprint density at radius 2 is 2.09 bits per heavy atom. The number of fused-ring (bicyclic) bond motifs is 1. The van der Waals surface area contributed by atoms with Crippen LogP contribution in [0.1, 0.15) is 5.76 Å². The zero-order valence-electron chi connectivity index (χ0n) is 12.6. The summed E-state index contributed by atoms with van der Waals surface area (Å²) in [6, 6.07) is 14.1. The van der Waals surface area contributed by atoms with Crippen LogP contribution >= 0.6 is 0 Å². The lowest BCUT2D eigenvalue weighted by Gasteiger charge is -2.09. The lowest BCUT2D eigenvalue weighted by molar-refractivity contribution is 0.377. The molecular weight excluding hydrogens is 290 g/mol. The Labute approximate surface area is 133 Å². The minimum absolute atomic E-state index is 0.597. The van der Waals surface area contributed by atoms with Gasteiger partial charge in [0.2, 0.25) is 0 Å². The number of nitrogens with zero attached hydrogens (tertiary/aromatic N) is 3. The molecule has 0 spiro atoms.